The van der Waals surface area contributed by atoms with E-state index in [1.54, 1.807) is 0 Å². The van der Waals surface area contributed by atoms with Crippen LogP contribution in [0.5, 0.6) is 0 Å². The predicted octanol–water partition coefficient (Wildman–Crippen LogP) is 6.06. The molecule has 1 saturated carbocycles. The molecule has 5 aliphatic carbocycles. The number of rotatable bonds is 1. The average Bonchev–Trinajstić information content (AvgIpc) is 3.53. The van der Waals surface area contributed by atoms with Crippen molar-refractivity contribution in [3.63, 3.8) is 0 Å². The third-order valence-corrected chi connectivity index (χ3v) is 8.24. The normalized spacial score (nSPS) is 25.1. The number of nitrogens with two attached hydrogens (primary N) is 2. The van der Waals surface area contributed by atoms with Crippen LogP contribution in [0.1, 0.15) is 109 Å². The first-order valence-corrected chi connectivity index (χ1v) is 13.5. The number of aliphatic hydroxyl groups is 1. The lowest BCUT2D eigenvalue weighted by atomic mass is 9.77. The molecule has 2 aromatic rings. The van der Waals surface area contributed by atoms with E-state index in [2.05, 4.69) is 24.0 Å². The van der Waals surface area contributed by atoms with Crippen LogP contribution in [0.2, 0.25) is 0 Å². The van der Waals surface area contributed by atoms with Gasteiger partial charge < -0.3 is 10.8 Å². The van der Waals surface area contributed by atoms with E-state index in [9.17, 15) is 9.90 Å². The Hall–Kier alpha value is -1.82. The van der Waals surface area contributed by atoms with Crippen molar-refractivity contribution >= 4 is 24.8 Å². The molecule has 4 nitrogen and oxygen atoms in total. The molecule has 34 heavy (non-hydrogen) atoms. The summed E-state index contributed by atoms with van der Waals surface area (Å²) in [6, 6.07) is 8.23. The summed E-state index contributed by atoms with van der Waals surface area (Å²) in [6.45, 7) is 5.92. The fraction of sp³-hybridized carbons (Fsp3) is 0.552. The van der Waals surface area contributed by atoms with E-state index in [1.807, 2.05) is 39.0 Å². The summed E-state index contributed by atoms with van der Waals surface area (Å²) in [5, 5.41) is 15.0. The molecule has 0 aliphatic heterocycles. The highest BCUT2D eigenvalue weighted by atomic mass is 32.1. The maximum absolute atomic E-state index is 10.9. The number of hydrogen-bond acceptors (Lipinski definition) is 5. The van der Waals surface area contributed by atoms with Gasteiger partial charge in [-0.05, 0) is 122 Å². The van der Waals surface area contributed by atoms with Gasteiger partial charge in [-0.3, -0.25) is 9.93 Å². The third-order valence-electron chi connectivity index (χ3n) is 8.24. The summed E-state index contributed by atoms with van der Waals surface area (Å²) in [4.78, 5) is 10.9. The highest BCUT2D eigenvalue weighted by Gasteiger charge is 2.42. The molecular formula is C29H42N2O2S. The molecule has 7 rings (SSSR count). The first kappa shape index (κ1) is 26.8. The molecule has 5 N–H and O–H groups in total. The van der Waals surface area contributed by atoms with E-state index in [0.29, 0.717) is 17.4 Å². The first-order chi connectivity index (χ1) is 16.5. The Morgan fingerprint density at radius 3 is 2.03 bits per heavy atom. The zero-order valence-electron chi connectivity index (χ0n) is 21.1. The van der Waals surface area contributed by atoms with Crippen molar-refractivity contribution < 1.29 is 9.90 Å². The SMILES string of the molecule is CC.CC1(O)c2cc(C=O)ccc2C2CCC1CC2.NS.Nc1c2c(cc3c1CCC3)CCC2. The second kappa shape index (κ2) is 11.7. The highest BCUT2D eigenvalue weighted by molar-refractivity contribution is 7.77. The molecular weight excluding hydrogens is 440 g/mol. The van der Waals surface area contributed by atoms with Crippen LogP contribution in [-0.2, 0) is 31.3 Å². The molecule has 2 aromatic carbocycles. The van der Waals surface area contributed by atoms with E-state index in [0.717, 1.165) is 30.4 Å². The quantitative estimate of drug-likeness (QED) is 0.226. The van der Waals surface area contributed by atoms with E-state index >= 15 is 0 Å². The predicted molar refractivity (Wildman–Crippen MR) is 146 cm³/mol. The van der Waals surface area contributed by atoms with Crippen molar-refractivity contribution in [3.8, 4) is 0 Å². The van der Waals surface area contributed by atoms with Gasteiger partial charge in [0, 0.05) is 11.3 Å². The van der Waals surface area contributed by atoms with Gasteiger partial charge in [0.15, 0.2) is 0 Å². The molecule has 0 radical (unpaired) electrons. The van der Waals surface area contributed by atoms with Crippen molar-refractivity contribution in [1.82, 2.24) is 0 Å². The molecule has 2 bridgehead atoms. The lowest BCUT2D eigenvalue weighted by Crippen LogP contribution is -2.31. The number of aryl methyl sites for hydroxylation is 2. The molecule has 0 saturated heterocycles. The Morgan fingerprint density at radius 2 is 1.50 bits per heavy atom. The summed E-state index contributed by atoms with van der Waals surface area (Å²) in [6.07, 6.45) is 13.0. The molecule has 1 unspecified atom stereocenters. The van der Waals surface area contributed by atoms with Gasteiger partial charge in [-0.1, -0.05) is 32.0 Å². The largest absolute Gasteiger partial charge is 0.398 e. The van der Waals surface area contributed by atoms with Crippen molar-refractivity contribution in [2.75, 3.05) is 5.73 Å². The number of nitrogen functional groups attached to an aromatic ring is 1. The minimum atomic E-state index is -0.764. The summed E-state index contributed by atoms with van der Waals surface area (Å²) in [5.41, 5.74) is 15.5. The Bertz CT molecular complexity index is 962. The summed E-state index contributed by atoms with van der Waals surface area (Å²) in [7, 11) is 0. The van der Waals surface area contributed by atoms with E-state index in [1.165, 1.54) is 79.2 Å². The summed E-state index contributed by atoms with van der Waals surface area (Å²) < 4.78 is 0. The monoisotopic (exact) mass is 482 g/mol. The second-order valence-corrected chi connectivity index (χ2v) is 9.93. The summed E-state index contributed by atoms with van der Waals surface area (Å²) >= 11 is 3.03. The number of aldehydes is 1. The summed E-state index contributed by atoms with van der Waals surface area (Å²) in [5.74, 6) is 0.929. The Labute approximate surface area is 211 Å². The molecule has 0 amide bonds. The zero-order chi connectivity index (χ0) is 24.9. The van der Waals surface area contributed by atoms with Crippen LogP contribution in [0.4, 0.5) is 5.69 Å². The van der Waals surface area contributed by atoms with Crippen LogP contribution < -0.4 is 10.9 Å². The minimum Gasteiger partial charge on any atom is -0.398 e. The lowest BCUT2D eigenvalue weighted by molar-refractivity contribution is -0.0159. The number of fused-ring (bicyclic) bond motifs is 4. The van der Waals surface area contributed by atoms with E-state index in [-0.39, 0.29) is 0 Å². The maximum Gasteiger partial charge on any atom is 0.150 e. The van der Waals surface area contributed by atoms with Gasteiger partial charge in [-0.25, -0.2) is 0 Å². The number of carbonyl (C=O) groups excluding carboxylic acids is 1. The van der Waals surface area contributed by atoms with Crippen molar-refractivity contribution in [1.29, 1.82) is 0 Å². The number of benzene rings is 2. The van der Waals surface area contributed by atoms with Crippen molar-refractivity contribution in [3.05, 3.63) is 63.2 Å². The standard InChI is InChI=1S/C15H18O2.C12H15N.C2H6.H3NS/c1-15(17)12-5-3-11(4-6-12)13-7-2-10(9-16)8-14(13)15;13-12-10-5-1-3-8(10)7-9-4-2-6-11(9)12;2*1-2/h2,7-9,11-12,17H,3-6H2,1H3;7H,1-6,13H2;1-2H3;2H,1H2. The molecule has 186 valence electrons. The molecule has 0 heterocycles. The van der Waals surface area contributed by atoms with Crippen LogP contribution in [-0.4, -0.2) is 11.4 Å². The van der Waals surface area contributed by atoms with E-state index in [4.69, 9.17) is 5.73 Å². The lowest BCUT2D eigenvalue weighted by Gasteiger charge is -2.33. The molecule has 0 aromatic heterocycles. The molecule has 5 heteroatoms. The van der Waals surface area contributed by atoms with Crippen molar-refractivity contribution in [2.45, 2.75) is 96.5 Å². The van der Waals surface area contributed by atoms with Crippen LogP contribution in [0, 0.1) is 5.92 Å². The molecule has 5 aliphatic rings. The van der Waals surface area contributed by atoms with Crippen LogP contribution in [0.25, 0.3) is 0 Å². The zero-order valence-corrected chi connectivity index (χ0v) is 22.0. The van der Waals surface area contributed by atoms with Gasteiger partial charge in [0.2, 0.25) is 0 Å². The molecule has 1 atom stereocenters. The third kappa shape index (κ3) is 5.07. The van der Waals surface area contributed by atoms with Gasteiger partial charge >= 0.3 is 0 Å². The minimum absolute atomic E-state index is 0.349. The van der Waals surface area contributed by atoms with Gasteiger partial charge in [-0.15, -0.1) is 12.8 Å². The molecule has 0 spiro atoms. The fourth-order valence-electron chi connectivity index (χ4n) is 6.49. The maximum atomic E-state index is 10.9. The first-order valence-electron chi connectivity index (χ1n) is 13.0. The Balaban J connectivity index is 0.000000170. The smallest absolute Gasteiger partial charge is 0.150 e. The second-order valence-electron chi connectivity index (χ2n) is 9.93. The number of anilines is 1. The van der Waals surface area contributed by atoms with Crippen molar-refractivity contribution in [2.24, 2.45) is 11.1 Å². The Morgan fingerprint density at radius 1 is 0.941 bits per heavy atom. The fourth-order valence-corrected chi connectivity index (χ4v) is 6.49. The van der Waals surface area contributed by atoms with Crippen LogP contribution in [0.15, 0.2) is 24.3 Å². The molecule has 1 fully saturated rings. The van der Waals surface area contributed by atoms with Gasteiger partial charge in [0.25, 0.3) is 0 Å². The van der Waals surface area contributed by atoms with E-state index < -0.39 is 5.60 Å². The number of thiol groups is 1. The van der Waals surface area contributed by atoms with Crippen LogP contribution >= 0.6 is 12.8 Å². The topological polar surface area (TPSA) is 89.3 Å². The Kier molecular flexibility index (Phi) is 9.25. The number of hydrogen-bond donors (Lipinski definition) is 4. The van der Waals surface area contributed by atoms with Gasteiger partial charge in [-0.2, -0.15) is 0 Å². The number of carbonyl (C=O) groups is 1. The average molecular weight is 483 g/mol. The highest BCUT2D eigenvalue weighted by Crippen LogP contribution is 2.50. The van der Waals surface area contributed by atoms with Gasteiger partial charge in [0.05, 0.1) is 5.60 Å². The van der Waals surface area contributed by atoms with Gasteiger partial charge in [0.1, 0.15) is 6.29 Å². The van der Waals surface area contributed by atoms with Crippen LogP contribution in [0.3, 0.4) is 0 Å².